The van der Waals surface area contributed by atoms with Crippen LogP contribution in [0.15, 0.2) is 50.4 Å². The summed E-state index contributed by atoms with van der Waals surface area (Å²) in [4.78, 5) is 11.7. The molecule has 0 saturated carbocycles. The summed E-state index contributed by atoms with van der Waals surface area (Å²) in [6.45, 7) is -0.161. The average Bonchev–Trinajstić information content (AvgIpc) is 2.48. The van der Waals surface area contributed by atoms with Gasteiger partial charge in [-0.2, -0.15) is 5.10 Å². The predicted octanol–water partition coefficient (Wildman–Crippen LogP) is 5.05. The lowest BCUT2D eigenvalue weighted by Crippen LogP contribution is -2.24. The van der Waals surface area contributed by atoms with Crippen LogP contribution < -0.4 is 10.2 Å². The molecule has 0 saturated heterocycles. The Balaban J connectivity index is 1.86. The van der Waals surface area contributed by atoms with E-state index in [9.17, 15) is 4.79 Å². The normalized spacial score (nSPS) is 10.8. The number of hydrogen-bond acceptors (Lipinski definition) is 3. The van der Waals surface area contributed by atoms with Crippen LogP contribution in [0.25, 0.3) is 0 Å². The van der Waals surface area contributed by atoms with Crippen LogP contribution in [0.2, 0.25) is 10.0 Å². The summed E-state index contributed by atoms with van der Waals surface area (Å²) in [6.07, 6.45) is 1.44. The Morgan fingerprint density at radius 2 is 2.00 bits per heavy atom. The molecule has 1 amide bonds. The van der Waals surface area contributed by atoms with Crippen LogP contribution in [-0.4, -0.2) is 18.7 Å². The summed E-state index contributed by atoms with van der Waals surface area (Å²) in [7, 11) is 0. The highest BCUT2D eigenvalue weighted by Gasteiger charge is 2.05. The first-order chi connectivity index (χ1) is 11.0. The van der Waals surface area contributed by atoms with Gasteiger partial charge in [0.15, 0.2) is 6.61 Å². The maximum Gasteiger partial charge on any atom is 0.277 e. The molecule has 0 aliphatic carbocycles. The predicted molar refractivity (Wildman–Crippen MR) is 99.5 cm³/mol. The smallest absolute Gasteiger partial charge is 0.277 e. The van der Waals surface area contributed by atoms with Crippen LogP contribution in [0.4, 0.5) is 0 Å². The van der Waals surface area contributed by atoms with E-state index in [0.29, 0.717) is 21.4 Å². The molecule has 0 atom stereocenters. The van der Waals surface area contributed by atoms with Crippen LogP contribution in [0, 0.1) is 0 Å². The molecule has 120 valence electrons. The van der Waals surface area contributed by atoms with Crippen molar-refractivity contribution in [2.24, 2.45) is 5.10 Å². The number of hydrazone groups is 1. The van der Waals surface area contributed by atoms with Gasteiger partial charge in [-0.15, -0.1) is 0 Å². The minimum atomic E-state index is -0.388. The Hall–Kier alpha value is -1.08. The molecule has 0 unspecified atom stereocenters. The van der Waals surface area contributed by atoms with Crippen molar-refractivity contribution in [2.45, 2.75) is 0 Å². The molecule has 2 aromatic rings. The van der Waals surface area contributed by atoms with Crippen molar-refractivity contribution in [3.8, 4) is 5.75 Å². The molecule has 0 bridgehead atoms. The number of rotatable bonds is 5. The molecule has 0 fully saturated rings. The molecule has 23 heavy (non-hydrogen) atoms. The maximum atomic E-state index is 11.7. The van der Waals surface area contributed by atoms with Crippen molar-refractivity contribution >= 4 is 67.2 Å². The number of amides is 1. The zero-order valence-electron chi connectivity index (χ0n) is 11.5. The summed E-state index contributed by atoms with van der Waals surface area (Å²) < 4.78 is 7.05. The topological polar surface area (TPSA) is 50.7 Å². The zero-order valence-corrected chi connectivity index (χ0v) is 16.2. The van der Waals surface area contributed by atoms with E-state index in [-0.39, 0.29) is 12.5 Å². The summed E-state index contributed by atoms with van der Waals surface area (Å²) in [6, 6.07) is 10.4. The van der Waals surface area contributed by atoms with Gasteiger partial charge in [-0.05, 0) is 46.3 Å². The third kappa shape index (κ3) is 5.80. The van der Waals surface area contributed by atoms with E-state index in [1.165, 1.54) is 6.21 Å². The third-order valence-electron chi connectivity index (χ3n) is 2.61. The lowest BCUT2D eigenvalue weighted by Gasteiger charge is -2.07. The third-order valence-corrected chi connectivity index (χ3v) is 4.28. The zero-order chi connectivity index (χ0) is 16.8. The van der Waals surface area contributed by atoms with Crippen LogP contribution >= 0.6 is 55.1 Å². The first kappa shape index (κ1) is 18.3. The number of nitrogens with zero attached hydrogens (tertiary/aromatic N) is 1. The molecule has 0 spiro atoms. The van der Waals surface area contributed by atoms with Gasteiger partial charge in [0.05, 0.1) is 15.7 Å². The van der Waals surface area contributed by atoms with Gasteiger partial charge in [0.25, 0.3) is 5.91 Å². The van der Waals surface area contributed by atoms with Crippen LogP contribution in [-0.2, 0) is 4.79 Å². The second-order valence-electron chi connectivity index (χ2n) is 4.32. The highest BCUT2D eigenvalue weighted by molar-refractivity contribution is 9.11. The van der Waals surface area contributed by atoms with Crippen molar-refractivity contribution in [1.29, 1.82) is 0 Å². The number of nitrogens with one attached hydrogen (secondary N) is 1. The van der Waals surface area contributed by atoms with Gasteiger partial charge in [-0.25, -0.2) is 5.43 Å². The Morgan fingerprint density at radius 3 is 2.70 bits per heavy atom. The van der Waals surface area contributed by atoms with Crippen molar-refractivity contribution < 1.29 is 9.53 Å². The fourth-order valence-electron chi connectivity index (χ4n) is 1.55. The van der Waals surface area contributed by atoms with Gasteiger partial charge in [0.2, 0.25) is 0 Å². The second-order valence-corrected chi connectivity index (χ2v) is 6.94. The quantitative estimate of drug-likeness (QED) is 0.481. The summed E-state index contributed by atoms with van der Waals surface area (Å²) in [5, 5.41) is 4.81. The van der Waals surface area contributed by atoms with Gasteiger partial charge in [0.1, 0.15) is 5.75 Å². The molecule has 4 nitrogen and oxygen atoms in total. The average molecular weight is 481 g/mol. The lowest BCUT2D eigenvalue weighted by atomic mass is 10.2. The number of halogens is 4. The fraction of sp³-hybridized carbons (Fsp3) is 0.0667. The Kier molecular flexibility index (Phi) is 6.89. The number of carbonyl (C=O) groups excluding carboxylic acids is 1. The van der Waals surface area contributed by atoms with E-state index in [0.717, 1.165) is 8.95 Å². The van der Waals surface area contributed by atoms with Crippen LogP contribution in [0.3, 0.4) is 0 Å². The van der Waals surface area contributed by atoms with Gasteiger partial charge in [-0.1, -0.05) is 45.2 Å². The number of carbonyl (C=O) groups is 1. The van der Waals surface area contributed by atoms with Crippen molar-refractivity contribution in [2.75, 3.05) is 6.61 Å². The van der Waals surface area contributed by atoms with Crippen LogP contribution in [0.1, 0.15) is 5.56 Å². The second kappa shape index (κ2) is 8.68. The monoisotopic (exact) mass is 478 g/mol. The summed E-state index contributed by atoms with van der Waals surface area (Å²) in [5.41, 5.74) is 3.01. The molecule has 1 N–H and O–H groups in total. The van der Waals surface area contributed by atoms with E-state index in [4.69, 9.17) is 27.9 Å². The molecule has 0 aromatic heterocycles. The Morgan fingerprint density at radius 1 is 1.22 bits per heavy atom. The van der Waals surface area contributed by atoms with Crippen molar-refractivity contribution in [1.82, 2.24) is 5.43 Å². The van der Waals surface area contributed by atoms with E-state index < -0.39 is 0 Å². The van der Waals surface area contributed by atoms with E-state index >= 15 is 0 Å². The largest absolute Gasteiger partial charge is 0.483 e. The number of ether oxygens (including phenoxy) is 1. The molecule has 2 aromatic carbocycles. The summed E-state index contributed by atoms with van der Waals surface area (Å²) >= 11 is 18.5. The molecule has 0 heterocycles. The molecule has 8 heteroatoms. The molecule has 0 radical (unpaired) electrons. The number of benzene rings is 2. The van der Waals surface area contributed by atoms with Crippen molar-refractivity contribution in [3.63, 3.8) is 0 Å². The van der Waals surface area contributed by atoms with Crippen molar-refractivity contribution in [3.05, 3.63) is 61.0 Å². The minimum absolute atomic E-state index is 0.161. The molecule has 0 aliphatic rings. The van der Waals surface area contributed by atoms with E-state index in [2.05, 4.69) is 42.4 Å². The van der Waals surface area contributed by atoms with Crippen LogP contribution in [0.5, 0.6) is 5.75 Å². The highest BCUT2D eigenvalue weighted by Crippen LogP contribution is 2.28. The summed E-state index contributed by atoms with van der Waals surface area (Å²) in [5.74, 6) is 0.175. The van der Waals surface area contributed by atoms with E-state index in [1.807, 2.05) is 12.1 Å². The fourth-order valence-corrected chi connectivity index (χ4v) is 3.17. The van der Waals surface area contributed by atoms with Gasteiger partial charge in [0, 0.05) is 15.1 Å². The van der Waals surface area contributed by atoms with Gasteiger partial charge < -0.3 is 4.74 Å². The van der Waals surface area contributed by atoms with E-state index in [1.54, 1.807) is 24.3 Å². The number of hydrogen-bond donors (Lipinski definition) is 1. The highest BCUT2D eigenvalue weighted by atomic mass is 79.9. The maximum absolute atomic E-state index is 11.7. The van der Waals surface area contributed by atoms with Gasteiger partial charge >= 0.3 is 0 Å². The SMILES string of the molecule is O=C(COc1ccc(Br)cc1Br)N/N=C\c1ccc(Cl)cc1Cl. The first-order valence-electron chi connectivity index (χ1n) is 6.30. The molecule has 0 aliphatic heterocycles. The Bertz CT molecular complexity index is 754. The molecular formula is C15H10Br2Cl2N2O2. The standard InChI is InChI=1S/C15H10Br2Cl2N2O2/c16-10-2-4-14(12(17)5-10)23-8-15(22)21-20-7-9-1-3-11(18)6-13(9)19/h1-7H,8H2,(H,21,22)/b20-7-. The lowest BCUT2D eigenvalue weighted by molar-refractivity contribution is -0.123. The minimum Gasteiger partial charge on any atom is -0.483 e. The molecular weight excluding hydrogens is 471 g/mol. The van der Waals surface area contributed by atoms with Gasteiger partial charge in [-0.3, -0.25) is 4.79 Å². The first-order valence-corrected chi connectivity index (χ1v) is 8.64. The molecule has 2 rings (SSSR count). The Labute approximate surface area is 160 Å².